The first-order valence-corrected chi connectivity index (χ1v) is 8.32. The van der Waals surface area contributed by atoms with Crippen LogP contribution >= 0.6 is 0 Å². The maximum Gasteiger partial charge on any atom is 0.237 e. The summed E-state index contributed by atoms with van der Waals surface area (Å²) in [6, 6.07) is 0.260. The molecule has 1 saturated heterocycles. The Morgan fingerprint density at radius 1 is 1.33 bits per heavy atom. The lowest BCUT2D eigenvalue weighted by Gasteiger charge is -2.30. The highest BCUT2D eigenvalue weighted by atomic mass is 16.1. The smallest absolute Gasteiger partial charge is 0.237 e. The third-order valence-corrected chi connectivity index (χ3v) is 4.36. The van der Waals surface area contributed by atoms with Gasteiger partial charge in [-0.25, -0.2) is 0 Å². The molecule has 3 N–H and O–H groups in total. The number of carbonyl (C=O) groups excluding carboxylic acids is 1. The molecule has 0 saturated carbocycles. The second-order valence-corrected chi connectivity index (χ2v) is 6.95. The SMILES string of the molecule is CC(C)NC(C)(CCCN(C)CCN1CCCC1)C(N)=O. The molecule has 1 unspecified atom stereocenters. The van der Waals surface area contributed by atoms with E-state index in [2.05, 4.69) is 22.2 Å². The molecule has 1 aliphatic heterocycles. The Morgan fingerprint density at radius 2 is 1.95 bits per heavy atom. The van der Waals surface area contributed by atoms with E-state index in [1.54, 1.807) is 0 Å². The van der Waals surface area contributed by atoms with E-state index in [9.17, 15) is 4.79 Å². The fourth-order valence-electron chi connectivity index (χ4n) is 3.04. The number of rotatable bonds is 10. The highest BCUT2D eigenvalue weighted by Crippen LogP contribution is 2.14. The normalized spacial score (nSPS) is 19.3. The van der Waals surface area contributed by atoms with Crippen molar-refractivity contribution < 1.29 is 4.79 Å². The monoisotopic (exact) mass is 298 g/mol. The highest BCUT2D eigenvalue weighted by molar-refractivity contribution is 5.84. The molecule has 1 amide bonds. The van der Waals surface area contributed by atoms with Gasteiger partial charge in [-0.2, -0.15) is 0 Å². The van der Waals surface area contributed by atoms with Gasteiger partial charge in [-0.3, -0.25) is 4.79 Å². The molecular weight excluding hydrogens is 264 g/mol. The lowest BCUT2D eigenvalue weighted by Crippen LogP contribution is -2.55. The van der Waals surface area contributed by atoms with Crippen molar-refractivity contribution in [3.63, 3.8) is 0 Å². The molecule has 0 spiro atoms. The molecule has 0 aromatic carbocycles. The summed E-state index contributed by atoms with van der Waals surface area (Å²) in [5.74, 6) is -0.254. The molecule has 0 aromatic heterocycles. The van der Waals surface area contributed by atoms with Gasteiger partial charge in [-0.1, -0.05) is 0 Å². The first kappa shape index (κ1) is 18.4. The van der Waals surface area contributed by atoms with Crippen LogP contribution in [-0.2, 0) is 4.79 Å². The second kappa shape index (κ2) is 8.71. The molecular formula is C16H34N4O. The molecule has 0 aliphatic carbocycles. The Balaban J connectivity index is 2.24. The predicted octanol–water partition coefficient (Wildman–Crippen LogP) is 1.04. The lowest BCUT2D eigenvalue weighted by atomic mass is 9.94. The number of carbonyl (C=O) groups is 1. The number of nitrogens with two attached hydrogens (primary N) is 1. The van der Waals surface area contributed by atoms with Crippen molar-refractivity contribution in [1.29, 1.82) is 0 Å². The molecule has 1 rings (SSSR count). The molecule has 1 fully saturated rings. The molecule has 21 heavy (non-hydrogen) atoms. The third kappa shape index (κ3) is 6.76. The fourth-order valence-corrected chi connectivity index (χ4v) is 3.04. The van der Waals surface area contributed by atoms with Gasteiger partial charge >= 0.3 is 0 Å². The Morgan fingerprint density at radius 3 is 2.48 bits per heavy atom. The van der Waals surface area contributed by atoms with Gasteiger partial charge in [0.05, 0.1) is 5.54 Å². The van der Waals surface area contributed by atoms with Gasteiger partial charge in [0.1, 0.15) is 0 Å². The standard InChI is InChI=1S/C16H34N4O/c1-14(2)18-16(3,15(17)21)8-7-9-19(4)12-13-20-10-5-6-11-20/h14,18H,5-13H2,1-4H3,(H2,17,21). The minimum absolute atomic E-state index is 0.254. The van der Waals surface area contributed by atoms with E-state index in [0.717, 1.165) is 32.5 Å². The molecule has 1 atom stereocenters. The molecule has 0 bridgehead atoms. The van der Waals surface area contributed by atoms with Crippen molar-refractivity contribution in [1.82, 2.24) is 15.1 Å². The molecule has 5 nitrogen and oxygen atoms in total. The van der Waals surface area contributed by atoms with Gasteiger partial charge in [-0.05, 0) is 73.1 Å². The highest BCUT2D eigenvalue weighted by Gasteiger charge is 2.30. The van der Waals surface area contributed by atoms with E-state index < -0.39 is 5.54 Å². The van der Waals surface area contributed by atoms with Crippen LogP contribution in [0.25, 0.3) is 0 Å². The van der Waals surface area contributed by atoms with E-state index >= 15 is 0 Å². The maximum absolute atomic E-state index is 11.7. The molecule has 1 aliphatic rings. The van der Waals surface area contributed by atoms with E-state index in [4.69, 9.17) is 5.73 Å². The quantitative estimate of drug-likeness (QED) is 0.632. The van der Waals surface area contributed by atoms with Crippen LogP contribution in [0.1, 0.15) is 46.5 Å². The summed E-state index contributed by atoms with van der Waals surface area (Å²) < 4.78 is 0. The average molecular weight is 298 g/mol. The van der Waals surface area contributed by atoms with Gasteiger partial charge < -0.3 is 20.9 Å². The van der Waals surface area contributed by atoms with Crippen LogP contribution in [0, 0.1) is 0 Å². The van der Waals surface area contributed by atoms with Crippen LogP contribution in [0.5, 0.6) is 0 Å². The Hall–Kier alpha value is -0.650. The van der Waals surface area contributed by atoms with Crippen molar-refractivity contribution in [2.24, 2.45) is 5.73 Å². The predicted molar refractivity (Wildman–Crippen MR) is 88.3 cm³/mol. The van der Waals surface area contributed by atoms with E-state index in [-0.39, 0.29) is 11.9 Å². The van der Waals surface area contributed by atoms with Gasteiger partial charge in [0.15, 0.2) is 0 Å². The number of nitrogens with zero attached hydrogens (tertiary/aromatic N) is 2. The van der Waals surface area contributed by atoms with Crippen LogP contribution in [0.3, 0.4) is 0 Å². The summed E-state index contributed by atoms with van der Waals surface area (Å²) in [5.41, 5.74) is 4.96. The summed E-state index contributed by atoms with van der Waals surface area (Å²) in [6.07, 6.45) is 4.47. The van der Waals surface area contributed by atoms with Crippen molar-refractivity contribution in [3.05, 3.63) is 0 Å². The van der Waals surface area contributed by atoms with Gasteiger partial charge in [-0.15, -0.1) is 0 Å². The minimum atomic E-state index is -0.593. The summed E-state index contributed by atoms with van der Waals surface area (Å²) in [6.45, 7) is 11.8. The maximum atomic E-state index is 11.7. The van der Waals surface area contributed by atoms with Crippen LogP contribution in [0.2, 0.25) is 0 Å². The molecule has 5 heteroatoms. The minimum Gasteiger partial charge on any atom is -0.368 e. The van der Waals surface area contributed by atoms with Gasteiger partial charge in [0.2, 0.25) is 5.91 Å². The largest absolute Gasteiger partial charge is 0.368 e. The summed E-state index contributed by atoms with van der Waals surface area (Å²) in [4.78, 5) is 16.6. The van der Waals surface area contributed by atoms with Crippen molar-refractivity contribution in [3.8, 4) is 0 Å². The second-order valence-electron chi connectivity index (χ2n) is 6.95. The zero-order valence-corrected chi connectivity index (χ0v) is 14.3. The first-order chi connectivity index (χ1) is 9.83. The number of likely N-dealkylation sites (tertiary alicyclic amines) is 1. The number of primary amides is 1. The van der Waals surface area contributed by atoms with Crippen LogP contribution in [0.4, 0.5) is 0 Å². The van der Waals surface area contributed by atoms with Crippen LogP contribution in [-0.4, -0.2) is 67.1 Å². The molecule has 1 heterocycles. The fraction of sp³-hybridized carbons (Fsp3) is 0.938. The summed E-state index contributed by atoms with van der Waals surface area (Å²) >= 11 is 0. The lowest BCUT2D eigenvalue weighted by molar-refractivity contribution is -0.124. The topological polar surface area (TPSA) is 61.6 Å². The Kier molecular flexibility index (Phi) is 7.63. The van der Waals surface area contributed by atoms with E-state index in [1.807, 2.05) is 20.8 Å². The third-order valence-electron chi connectivity index (χ3n) is 4.36. The summed E-state index contributed by atoms with van der Waals surface area (Å²) in [5, 5.41) is 3.30. The number of hydrogen-bond donors (Lipinski definition) is 2. The van der Waals surface area contributed by atoms with Gasteiger partial charge in [0, 0.05) is 19.1 Å². The average Bonchev–Trinajstić information content (AvgIpc) is 2.88. The number of hydrogen-bond acceptors (Lipinski definition) is 4. The zero-order valence-electron chi connectivity index (χ0n) is 14.3. The van der Waals surface area contributed by atoms with Crippen LogP contribution < -0.4 is 11.1 Å². The van der Waals surface area contributed by atoms with Crippen LogP contribution in [0.15, 0.2) is 0 Å². The summed E-state index contributed by atoms with van der Waals surface area (Å²) in [7, 11) is 2.16. The van der Waals surface area contributed by atoms with Crippen molar-refractivity contribution >= 4 is 5.91 Å². The van der Waals surface area contributed by atoms with Crippen molar-refractivity contribution in [2.75, 3.05) is 39.8 Å². The Labute approximate surface area is 130 Å². The number of likely N-dealkylation sites (N-methyl/N-ethyl adjacent to an activating group) is 1. The Bertz CT molecular complexity index is 315. The molecule has 0 aromatic rings. The molecule has 124 valence electrons. The molecule has 0 radical (unpaired) electrons. The van der Waals surface area contributed by atoms with E-state index in [1.165, 1.54) is 25.9 Å². The zero-order chi connectivity index (χ0) is 15.9. The van der Waals surface area contributed by atoms with Crippen molar-refractivity contribution in [2.45, 2.75) is 58.0 Å². The first-order valence-electron chi connectivity index (χ1n) is 8.32. The van der Waals surface area contributed by atoms with Gasteiger partial charge in [0.25, 0.3) is 0 Å². The number of nitrogens with one attached hydrogen (secondary N) is 1. The van der Waals surface area contributed by atoms with E-state index in [0.29, 0.717) is 0 Å². The number of amides is 1.